The number of hydrogen-bond donors (Lipinski definition) is 21. The number of phenols is 5. The SMILES string of the molecule is O=C1CCC(N2C(=O)c3c(O)c(O)c(O)c(NC(O)(O)c4c(O)c(C(O)(O)N5C(O)(O)C(O)(O)OC(O)(O)C5(O)O)cc(O)c4F)c3C2(O)O)C(=O)N1. The fourth-order valence-electron chi connectivity index (χ4n) is 5.89. The van der Waals surface area contributed by atoms with Crippen molar-refractivity contribution in [3.63, 3.8) is 0 Å². The van der Waals surface area contributed by atoms with Crippen molar-refractivity contribution >= 4 is 23.4 Å². The lowest BCUT2D eigenvalue weighted by Crippen LogP contribution is -2.87. The monoisotopic (exact) mass is 770 g/mol. The van der Waals surface area contributed by atoms with Crippen molar-refractivity contribution in [1.29, 1.82) is 0 Å². The van der Waals surface area contributed by atoms with Crippen molar-refractivity contribution in [1.82, 2.24) is 15.1 Å². The standard InChI is InChI=1S/C25H27FN4O23/c26-11-6(31)3-4(20(41,42)30-22(45,46)24(49,50)53-25(51,52)23(30,47)48)13(33)10(11)19(39,40)28-12-9-8(14(34)16(36)15(12)35)18(38)29(21(9,43)44)5-1-2-7(32)27-17(5)37/h3,5,28,31,33-36,39-52H,1-2H2,(H,27,32,37). The number of amides is 3. The highest BCUT2D eigenvalue weighted by Crippen LogP contribution is 2.56. The molecule has 0 spiro atoms. The van der Waals surface area contributed by atoms with Gasteiger partial charge in [0.2, 0.25) is 17.6 Å². The van der Waals surface area contributed by atoms with Gasteiger partial charge in [0.25, 0.3) is 23.6 Å². The van der Waals surface area contributed by atoms with Gasteiger partial charge in [0.15, 0.2) is 23.1 Å². The molecular weight excluding hydrogens is 743 g/mol. The van der Waals surface area contributed by atoms with E-state index in [-0.39, 0.29) is 11.0 Å². The highest BCUT2D eigenvalue weighted by Gasteiger charge is 2.79. The molecule has 0 bridgehead atoms. The third kappa shape index (κ3) is 5.26. The first kappa shape index (κ1) is 39.3. The number of morpholine rings is 1. The van der Waals surface area contributed by atoms with Crippen molar-refractivity contribution < 1.29 is 121 Å². The molecule has 0 aromatic heterocycles. The summed E-state index contributed by atoms with van der Waals surface area (Å²) in [5.41, 5.74) is -9.21. The van der Waals surface area contributed by atoms with E-state index in [1.165, 1.54) is 5.32 Å². The van der Waals surface area contributed by atoms with Gasteiger partial charge in [-0.05, 0) is 12.5 Å². The first-order valence-corrected chi connectivity index (χ1v) is 14.0. The quantitative estimate of drug-likeness (QED) is 0.0561. The van der Waals surface area contributed by atoms with E-state index in [2.05, 4.69) is 4.74 Å². The van der Waals surface area contributed by atoms with E-state index >= 15 is 4.39 Å². The van der Waals surface area contributed by atoms with Crippen molar-refractivity contribution in [3.8, 4) is 28.7 Å². The molecule has 3 amide bonds. The maximum Gasteiger partial charge on any atom is 0.356 e. The van der Waals surface area contributed by atoms with Crippen molar-refractivity contribution in [2.24, 2.45) is 0 Å². The number of aliphatic hydroxyl groups is 14. The maximum atomic E-state index is 15.4. The van der Waals surface area contributed by atoms with Gasteiger partial charge in [0.05, 0.1) is 22.4 Å². The average molecular weight is 770 g/mol. The number of carbonyl (C=O) groups is 3. The Morgan fingerprint density at radius 1 is 0.811 bits per heavy atom. The number of anilines is 1. The van der Waals surface area contributed by atoms with Gasteiger partial charge in [-0.25, -0.2) is 4.39 Å². The normalized spacial score (nSPS) is 23.5. The molecule has 53 heavy (non-hydrogen) atoms. The molecule has 2 aromatic carbocycles. The van der Waals surface area contributed by atoms with E-state index < -0.39 is 146 Å². The predicted molar refractivity (Wildman–Crippen MR) is 147 cm³/mol. The number of nitrogens with zero attached hydrogens (tertiary/aromatic N) is 2. The first-order valence-electron chi connectivity index (χ1n) is 14.0. The van der Waals surface area contributed by atoms with Gasteiger partial charge < -0.3 is 102 Å². The van der Waals surface area contributed by atoms with Crippen LogP contribution in [0.25, 0.3) is 0 Å². The zero-order chi connectivity index (χ0) is 40.6. The van der Waals surface area contributed by atoms with Crippen LogP contribution in [0.2, 0.25) is 0 Å². The number of ether oxygens (including phenoxy) is 1. The average Bonchev–Trinajstić information content (AvgIpc) is 3.18. The smallest absolute Gasteiger partial charge is 0.356 e. The summed E-state index contributed by atoms with van der Waals surface area (Å²) in [5.74, 6) is -49.6. The summed E-state index contributed by atoms with van der Waals surface area (Å²) in [6.07, 6.45) is -1.11. The Balaban J connectivity index is 1.70. The Morgan fingerprint density at radius 2 is 1.34 bits per heavy atom. The summed E-state index contributed by atoms with van der Waals surface area (Å²) in [5, 5.41) is 202. The number of rotatable bonds is 6. The van der Waals surface area contributed by atoms with Crippen LogP contribution in [0, 0.1) is 5.82 Å². The number of carbonyl (C=O) groups excluding carboxylic acids is 3. The summed E-state index contributed by atoms with van der Waals surface area (Å²) >= 11 is 0. The number of fused-ring (bicyclic) bond motifs is 1. The molecule has 28 heteroatoms. The second-order valence-corrected chi connectivity index (χ2v) is 11.8. The minimum absolute atomic E-state index is 0.116. The summed E-state index contributed by atoms with van der Waals surface area (Å²) < 4.78 is 19.0. The zero-order valence-corrected chi connectivity index (χ0v) is 25.5. The number of piperidine rings is 1. The van der Waals surface area contributed by atoms with Crippen LogP contribution in [-0.4, -0.2) is 154 Å². The van der Waals surface area contributed by atoms with E-state index in [1.54, 1.807) is 5.32 Å². The summed E-state index contributed by atoms with van der Waals surface area (Å²) in [6, 6.07) is -2.34. The molecule has 5 rings (SSSR count). The van der Waals surface area contributed by atoms with E-state index in [0.29, 0.717) is 0 Å². The minimum Gasteiger partial charge on any atom is -0.507 e. The van der Waals surface area contributed by atoms with Crippen LogP contribution in [0.4, 0.5) is 10.1 Å². The van der Waals surface area contributed by atoms with E-state index in [1.807, 2.05) is 0 Å². The van der Waals surface area contributed by atoms with Gasteiger partial charge in [0, 0.05) is 6.42 Å². The molecule has 27 nitrogen and oxygen atoms in total. The van der Waals surface area contributed by atoms with Gasteiger partial charge >= 0.3 is 23.8 Å². The third-order valence-electron chi connectivity index (χ3n) is 8.37. The molecule has 2 aromatic rings. The van der Waals surface area contributed by atoms with Gasteiger partial charge in [-0.3, -0.25) is 29.3 Å². The minimum atomic E-state index is -5.08. The molecule has 3 heterocycles. The number of hydrogen-bond acceptors (Lipinski definition) is 25. The fraction of sp³-hybridized carbons (Fsp3) is 0.400. The molecule has 0 radical (unpaired) electrons. The topological polar surface area (TPSA) is 475 Å². The molecule has 292 valence electrons. The molecule has 2 saturated heterocycles. The number of benzene rings is 2. The van der Waals surface area contributed by atoms with Crippen LogP contribution in [0.3, 0.4) is 0 Å². The molecule has 2 fully saturated rings. The van der Waals surface area contributed by atoms with Gasteiger partial charge in [0.1, 0.15) is 17.4 Å². The van der Waals surface area contributed by atoms with E-state index in [9.17, 15) is 111 Å². The number of aromatic hydroxyl groups is 5. The van der Waals surface area contributed by atoms with Crippen molar-refractivity contribution in [2.75, 3.05) is 5.32 Å². The Bertz CT molecular complexity index is 1940. The molecule has 3 aliphatic heterocycles. The maximum absolute atomic E-state index is 15.4. The van der Waals surface area contributed by atoms with Crippen LogP contribution in [-0.2, 0) is 32.1 Å². The third-order valence-corrected chi connectivity index (χ3v) is 8.37. The van der Waals surface area contributed by atoms with Crippen molar-refractivity contribution in [2.45, 2.75) is 60.4 Å². The lowest BCUT2D eigenvalue weighted by atomic mass is 9.97. The molecule has 1 unspecified atom stereocenters. The van der Waals surface area contributed by atoms with Crippen LogP contribution in [0.1, 0.15) is 39.9 Å². The Hall–Kier alpha value is -4.86. The van der Waals surface area contributed by atoms with Gasteiger partial charge in [-0.1, -0.05) is 0 Å². The molecular formula is C25H27FN4O23. The summed E-state index contributed by atoms with van der Waals surface area (Å²) in [4.78, 5) is 35.7. The molecule has 3 aliphatic rings. The fourth-order valence-corrected chi connectivity index (χ4v) is 5.89. The number of nitrogens with one attached hydrogen (secondary N) is 2. The van der Waals surface area contributed by atoms with Crippen LogP contribution >= 0.6 is 0 Å². The summed E-state index contributed by atoms with van der Waals surface area (Å²) in [7, 11) is 0. The Labute approximate surface area is 288 Å². The van der Waals surface area contributed by atoms with Gasteiger partial charge in [-0.2, -0.15) is 0 Å². The number of halogens is 1. The summed E-state index contributed by atoms with van der Waals surface area (Å²) in [6.45, 7) is 0. The Kier molecular flexibility index (Phi) is 8.41. The zero-order valence-electron chi connectivity index (χ0n) is 25.5. The highest BCUT2D eigenvalue weighted by atomic mass is 19.1. The van der Waals surface area contributed by atoms with Crippen molar-refractivity contribution in [3.05, 3.63) is 34.1 Å². The van der Waals surface area contributed by atoms with Gasteiger partial charge in [-0.15, -0.1) is 4.90 Å². The van der Waals surface area contributed by atoms with Crippen LogP contribution < -0.4 is 10.6 Å². The first-order chi connectivity index (χ1) is 23.8. The lowest BCUT2D eigenvalue weighted by molar-refractivity contribution is -0.682. The molecule has 1 atom stereocenters. The molecule has 0 aliphatic carbocycles. The highest BCUT2D eigenvalue weighted by molar-refractivity contribution is 6.09. The molecule has 21 N–H and O–H groups in total. The second-order valence-electron chi connectivity index (χ2n) is 11.8. The van der Waals surface area contributed by atoms with E-state index in [0.717, 1.165) is 0 Å². The molecule has 0 saturated carbocycles. The Morgan fingerprint density at radius 3 is 1.85 bits per heavy atom. The number of phenolic OH excluding ortho intramolecular Hbond substituents is 5. The van der Waals surface area contributed by atoms with Crippen LogP contribution in [0.15, 0.2) is 6.07 Å². The van der Waals surface area contributed by atoms with E-state index in [4.69, 9.17) is 0 Å². The van der Waals surface area contributed by atoms with Crippen LogP contribution in [0.5, 0.6) is 28.7 Å². The number of imide groups is 1. The largest absolute Gasteiger partial charge is 0.507 e. The predicted octanol–water partition coefficient (Wildman–Crippen LogP) is -9.10. The lowest BCUT2D eigenvalue weighted by Gasteiger charge is -2.57. The second kappa shape index (κ2) is 11.3.